The summed E-state index contributed by atoms with van der Waals surface area (Å²) in [6.07, 6.45) is 1.69. The van der Waals surface area contributed by atoms with Gasteiger partial charge >= 0.3 is 0 Å². The van der Waals surface area contributed by atoms with Crippen molar-refractivity contribution in [2.75, 3.05) is 0 Å². The van der Waals surface area contributed by atoms with Crippen molar-refractivity contribution in [2.45, 2.75) is 6.92 Å². The topological polar surface area (TPSA) is 86.0 Å². The Balaban J connectivity index is 2.32. The molecule has 22 heavy (non-hydrogen) atoms. The van der Waals surface area contributed by atoms with Gasteiger partial charge in [0.15, 0.2) is 5.84 Å². The maximum atomic E-state index is 9.28. The largest absolute Gasteiger partial charge is 0.383 e. The van der Waals surface area contributed by atoms with Crippen molar-refractivity contribution in [2.24, 2.45) is 10.7 Å². The van der Waals surface area contributed by atoms with Crippen molar-refractivity contribution >= 4 is 17.7 Å². The smallest absolute Gasteiger partial charge is 0.154 e. The Bertz CT molecular complexity index is 780. The molecule has 2 rings (SSSR count). The number of nitrogens with one attached hydrogen (secondary N) is 1. The van der Waals surface area contributed by atoms with Crippen molar-refractivity contribution < 1.29 is 0 Å². The quantitative estimate of drug-likeness (QED) is 0.516. The minimum Gasteiger partial charge on any atom is -0.383 e. The number of amidine groups is 2. The van der Waals surface area contributed by atoms with Gasteiger partial charge in [-0.15, -0.1) is 0 Å². The molecule has 2 aromatic carbocycles. The lowest BCUT2D eigenvalue weighted by Gasteiger charge is -2.03. The van der Waals surface area contributed by atoms with E-state index in [9.17, 15) is 5.26 Å². The van der Waals surface area contributed by atoms with E-state index < -0.39 is 0 Å². The van der Waals surface area contributed by atoms with Crippen LogP contribution in [0.4, 0.5) is 0 Å². The van der Waals surface area contributed by atoms with Crippen LogP contribution in [0.25, 0.3) is 6.08 Å². The summed E-state index contributed by atoms with van der Waals surface area (Å²) < 4.78 is 0. The van der Waals surface area contributed by atoms with Gasteiger partial charge in [-0.05, 0) is 24.1 Å². The Morgan fingerprint density at radius 2 is 1.77 bits per heavy atom. The number of benzene rings is 2. The molecule has 0 saturated carbocycles. The first-order valence-electron chi connectivity index (χ1n) is 6.77. The summed E-state index contributed by atoms with van der Waals surface area (Å²) in [5.41, 5.74) is 8.73. The number of aryl methyl sites for hydroxylation is 1. The van der Waals surface area contributed by atoms with E-state index in [-0.39, 0.29) is 17.2 Å². The van der Waals surface area contributed by atoms with Crippen LogP contribution in [0.5, 0.6) is 0 Å². The normalized spacial score (nSPS) is 11.8. The third-order valence-corrected chi connectivity index (χ3v) is 3.16. The number of rotatable bonds is 3. The average Bonchev–Trinajstić information content (AvgIpc) is 2.54. The van der Waals surface area contributed by atoms with Crippen molar-refractivity contribution in [3.8, 4) is 6.07 Å². The van der Waals surface area contributed by atoms with E-state index in [2.05, 4.69) is 4.99 Å². The zero-order chi connectivity index (χ0) is 15.9. The number of aliphatic imine (C=N–C) groups is 1. The van der Waals surface area contributed by atoms with E-state index in [0.717, 1.165) is 11.1 Å². The number of nitrogens with two attached hydrogens (primary N) is 1. The average molecular weight is 288 g/mol. The minimum absolute atomic E-state index is 0.0315. The highest BCUT2D eigenvalue weighted by atomic mass is 14.9. The van der Waals surface area contributed by atoms with Crippen molar-refractivity contribution in [3.05, 3.63) is 76.9 Å². The van der Waals surface area contributed by atoms with Crippen LogP contribution >= 0.6 is 0 Å². The van der Waals surface area contributed by atoms with E-state index >= 15 is 0 Å². The molecular weight excluding hydrogens is 272 g/mol. The zero-order valence-electron chi connectivity index (χ0n) is 12.2. The van der Waals surface area contributed by atoms with Crippen LogP contribution in [-0.4, -0.2) is 11.7 Å². The summed E-state index contributed by atoms with van der Waals surface area (Å²) in [5, 5.41) is 17.2. The summed E-state index contributed by atoms with van der Waals surface area (Å²) >= 11 is 0. The fourth-order valence-electron chi connectivity index (χ4n) is 1.91. The molecular formula is C18H16N4. The molecule has 108 valence electrons. The predicted molar refractivity (Wildman–Crippen MR) is 89.7 cm³/mol. The van der Waals surface area contributed by atoms with Gasteiger partial charge in [-0.25, -0.2) is 4.99 Å². The number of nitrogens with zero attached hydrogens (tertiary/aromatic N) is 2. The van der Waals surface area contributed by atoms with Crippen molar-refractivity contribution in [1.82, 2.24) is 0 Å². The molecule has 0 spiro atoms. The molecule has 0 aliphatic rings. The molecule has 0 unspecified atom stereocenters. The minimum atomic E-state index is 0.0315. The van der Waals surface area contributed by atoms with Crippen LogP contribution in [0.2, 0.25) is 0 Å². The maximum absolute atomic E-state index is 9.28. The van der Waals surface area contributed by atoms with Crippen molar-refractivity contribution in [3.63, 3.8) is 0 Å². The van der Waals surface area contributed by atoms with Crippen LogP contribution in [0.15, 0.2) is 65.2 Å². The van der Waals surface area contributed by atoms with Gasteiger partial charge in [0.2, 0.25) is 0 Å². The Morgan fingerprint density at radius 1 is 1.14 bits per heavy atom. The summed E-state index contributed by atoms with van der Waals surface area (Å²) in [4.78, 5) is 4.03. The van der Waals surface area contributed by atoms with E-state index in [0.29, 0.717) is 5.56 Å². The zero-order valence-corrected chi connectivity index (χ0v) is 12.2. The van der Waals surface area contributed by atoms with Gasteiger partial charge in [0.25, 0.3) is 0 Å². The number of hydrogen-bond acceptors (Lipinski definition) is 2. The highest BCUT2D eigenvalue weighted by Gasteiger charge is 2.06. The van der Waals surface area contributed by atoms with Crippen molar-refractivity contribution in [1.29, 1.82) is 10.7 Å². The van der Waals surface area contributed by atoms with Crippen LogP contribution in [0.1, 0.15) is 16.7 Å². The van der Waals surface area contributed by atoms with E-state index in [1.54, 1.807) is 18.2 Å². The third-order valence-electron chi connectivity index (χ3n) is 3.16. The number of nitriles is 1. The van der Waals surface area contributed by atoms with E-state index in [1.807, 2.05) is 55.5 Å². The van der Waals surface area contributed by atoms with Gasteiger partial charge in [-0.3, -0.25) is 5.41 Å². The molecule has 0 atom stereocenters. The fourth-order valence-corrected chi connectivity index (χ4v) is 1.91. The third kappa shape index (κ3) is 3.68. The molecule has 0 saturated heterocycles. The summed E-state index contributed by atoms with van der Waals surface area (Å²) in [6, 6.07) is 18.8. The molecule has 0 aromatic heterocycles. The molecule has 4 heteroatoms. The molecule has 0 aliphatic carbocycles. The first kappa shape index (κ1) is 15.2. The highest BCUT2D eigenvalue weighted by Crippen LogP contribution is 2.12. The first-order chi connectivity index (χ1) is 10.6. The molecule has 0 heterocycles. The lowest BCUT2D eigenvalue weighted by Crippen LogP contribution is -2.16. The van der Waals surface area contributed by atoms with Gasteiger partial charge in [0, 0.05) is 5.56 Å². The fraction of sp³-hybridized carbons (Fsp3) is 0.0556. The van der Waals surface area contributed by atoms with Crippen LogP contribution in [-0.2, 0) is 0 Å². The van der Waals surface area contributed by atoms with E-state index in [4.69, 9.17) is 11.1 Å². The second kappa shape index (κ2) is 7.00. The lowest BCUT2D eigenvalue weighted by atomic mass is 10.1. The number of hydrogen-bond donors (Lipinski definition) is 2. The second-order valence-corrected chi connectivity index (χ2v) is 4.74. The molecule has 4 nitrogen and oxygen atoms in total. The summed E-state index contributed by atoms with van der Waals surface area (Å²) in [7, 11) is 0. The Kier molecular flexibility index (Phi) is 4.84. The highest BCUT2D eigenvalue weighted by molar-refractivity contribution is 6.13. The maximum Gasteiger partial charge on any atom is 0.154 e. The first-order valence-corrected chi connectivity index (χ1v) is 6.77. The molecule has 3 N–H and O–H groups in total. The molecule has 0 amide bonds. The lowest BCUT2D eigenvalue weighted by molar-refractivity contribution is 1.39. The van der Waals surface area contributed by atoms with Gasteiger partial charge < -0.3 is 5.73 Å². The predicted octanol–water partition coefficient (Wildman–Crippen LogP) is 3.28. The van der Waals surface area contributed by atoms with Crippen LogP contribution in [0.3, 0.4) is 0 Å². The van der Waals surface area contributed by atoms with Gasteiger partial charge in [0.1, 0.15) is 11.9 Å². The van der Waals surface area contributed by atoms with Gasteiger partial charge in [-0.2, -0.15) is 5.26 Å². The molecule has 2 aromatic rings. The van der Waals surface area contributed by atoms with Gasteiger partial charge in [-0.1, -0.05) is 54.6 Å². The SMILES string of the molecule is Cc1ccccc1/C=C(\C#N)C(N)=NC(=N)c1ccccc1. The monoisotopic (exact) mass is 288 g/mol. The van der Waals surface area contributed by atoms with Crippen LogP contribution in [0, 0.1) is 23.7 Å². The second-order valence-electron chi connectivity index (χ2n) is 4.74. The van der Waals surface area contributed by atoms with Crippen LogP contribution < -0.4 is 5.73 Å². The summed E-state index contributed by atoms with van der Waals surface area (Å²) in [6.45, 7) is 1.96. The Labute approximate surface area is 129 Å². The molecule has 0 aliphatic heterocycles. The standard InChI is InChI=1S/C18H16N4/c1-13-7-5-6-10-15(13)11-16(12-19)18(21)22-17(20)14-8-3-2-4-9-14/h2-11H,1H3,(H3,20,21,22)/b16-11+. The molecule has 0 radical (unpaired) electrons. The summed E-state index contributed by atoms with van der Waals surface area (Å²) in [5.74, 6) is 0.0728. The Hall–Kier alpha value is -3.19. The van der Waals surface area contributed by atoms with Gasteiger partial charge in [0.05, 0.1) is 5.57 Å². The molecule has 0 fully saturated rings. The van der Waals surface area contributed by atoms with E-state index in [1.165, 1.54) is 0 Å². The molecule has 0 bridgehead atoms. The Morgan fingerprint density at radius 3 is 2.41 bits per heavy atom.